The van der Waals surface area contributed by atoms with Crippen LogP contribution in [0, 0.1) is 0 Å². The number of hydrogen-bond acceptors (Lipinski definition) is 0. The molecule has 0 heterocycles. The molecule has 0 saturated carbocycles. The highest BCUT2D eigenvalue weighted by molar-refractivity contribution is 7.55. The molecule has 0 aliphatic heterocycles. The predicted octanol–water partition coefficient (Wildman–Crippen LogP) is 10.4. The molecule has 0 N–H and O–H groups in total. The van der Waals surface area contributed by atoms with Crippen LogP contribution in [0.5, 0.6) is 0 Å². The van der Waals surface area contributed by atoms with Crippen molar-refractivity contribution in [2.45, 2.75) is 160 Å². The van der Waals surface area contributed by atoms with E-state index in [9.17, 15) is 0 Å². The van der Waals surface area contributed by atoms with Crippen molar-refractivity contribution in [3.63, 3.8) is 0 Å². The van der Waals surface area contributed by atoms with Gasteiger partial charge in [0.15, 0.2) is 15.2 Å². The van der Waals surface area contributed by atoms with E-state index >= 15 is 0 Å². The zero-order valence-electron chi connectivity index (χ0n) is 41.9. The lowest BCUT2D eigenvalue weighted by Gasteiger charge is -2.41. The zero-order chi connectivity index (χ0) is 46.0. The Morgan fingerprint density at radius 2 is 0.328 bits per heavy atom. The second-order valence-electron chi connectivity index (χ2n) is 17.7. The third-order valence-electron chi connectivity index (χ3n) is 14.7. The lowest BCUT2D eigenvalue weighted by atomic mass is 10.1. The van der Waals surface area contributed by atoms with Gasteiger partial charge in [0.25, 0.3) is 0 Å². The van der Waals surface area contributed by atoms with Gasteiger partial charge in [-0.1, -0.05) is 208 Å². The summed E-state index contributed by atoms with van der Waals surface area (Å²) in [5.74, 6) is 0. The fraction of sp³-hybridized carbons (Fsp3) is 0.400. The summed E-state index contributed by atoms with van der Waals surface area (Å²) in [5, 5.41) is 10.6. The van der Waals surface area contributed by atoms with Crippen LogP contribution in [-0.4, -0.2) is 31.1 Å². The van der Waals surface area contributed by atoms with E-state index in [4.69, 9.17) is 0 Å². The first-order valence-electron chi connectivity index (χ1n) is 25.4. The van der Waals surface area contributed by atoms with Gasteiger partial charge in [-0.15, -0.1) is 0 Å². The highest BCUT2D eigenvalue weighted by Gasteiger charge is 2.49. The van der Waals surface area contributed by atoms with Gasteiger partial charge in [-0.3, -0.25) is 0 Å². The van der Waals surface area contributed by atoms with Crippen LogP contribution in [0.25, 0.3) is 0 Å². The van der Waals surface area contributed by atoms with Gasteiger partial charge >= 0.3 is 0 Å². The van der Waals surface area contributed by atoms with Crippen molar-refractivity contribution in [3.8, 4) is 0 Å². The Morgan fingerprint density at radius 1 is 0.219 bits per heavy atom. The van der Waals surface area contributed by atoms with Gasteiger partial charge in [0.05, 0.1) is 0 Å². The molecule has 0 amide bonds. The first-order chi connectivity index (χ1) is 31.2. The molecule has 0 bridgehead atoms. The number of aryl methyl sites for hydroxylation is 12. The predicted molar refractivity (Wildman–Crippen MR) is 292 cm³/mol. The van der Waals surface area contributed by atoms with E-state index in [2.05, 4.69) is 192 Å². The third kappa shape index (κ3) is 8.78. The summed E-state index contributed by atoms with van der Waals surface area (Å²) in [7, 11) is -4.30. The number of rotatable bonds is 18. The van der Waals surface area contributed by atoms with Crippen molar-refractivity contribution in [1.82, 2.24) is 0 Å². The van der Waals surface area contributed by atoms with Crippen molar-refractivity contribution >= 4 is 62.2 Å². The smallest absolute Gasteiger partial charge is 0.0617 e. The van der Waals surface area contributed by atoms with Gasteiger partial charge in [0.1, 0.15) is 0 Å². The second-order valence-corrected chi connectivity index (χ2v) is 34.7. The first-order valence-corrected chi connectivity index (χ1v) is 34.4. The van der Waals surface area contributed by atoms with Crippen LogP contribution in [0.15, 0.2) is 109 Å². The van der Waals surface area contributed by atoms with Crippen molar-refractivity contribution in [1.29, 1.82) is 0 Å². The zero-order valence-corrected chi connectivity index (χ0v) is 45.9. The molecular formula is C60H78Si4. The van der Waals surface area contributed by atoms with Crippen molar-refractivity contribution in [2.24, 2.45) is 0 Å². The molecule has 0 unspecified atom stereocenters. The summed E-state index contributed by atoms with van der Waals surface area (Å²) >= 11 is 0. The van der Waals surface area contributed by atoms with E-state index in [1.54, 1.807) is 97.9 Å². The van der Waals surface area contributed by atoms with Crippen LogP contribution in [0.3, 0.4) is 0 Å². The van der Waals surface area contributed by atoms with Crippen molar-refractivity contribution < 1.29 is 0 Å². The van der Waals surface area contributed by atoms with Gasteiger partial charge < -0.3 is 0 Å². The van der Waals surface area contributed by atoms with E-state index in [1.165, 1.54) is 0 Å². The van der Waals surface area contributed by atoms with Crippen molar-refractivity contribution in [3.05, 3.63) is 176 Å². The Kier molecular flexibility index (Phi) is 17.5. The van der Waals surface area contributed by atoms with Gasteiger partial charge in [0.2, 0.25) is 0 Å². The lowest BCUT2D eigenvalue weighted by Crippen LogP contribution is -2.77. The molecule has 0 aliphatic carbocycles. The monoisotopic (exact) mass is 911 g/mol. The molecule has 0 radical (unpaired) electrons. The van der Waals surface area contributed by atoms with Crippen LogP contribution in [0.4, 0.5) is 0 Å². The standard InChI is InChI=1S/C60H78Si4/c1-13-43-31-25-32-44(14-2)55(43)63(56-45(15-3)33-26-34-46(56)16-4,57-47(17-5)35-27-36-48(57)18-6)61-62-64(58-49(19-7)37-28-38-50(58)20-8,59-51(21-9)39-29-40-52(59)22-10)60-53(23-11)41-30-42-54(60)24-12/h25-42H,13-24H2,1-12H3. The minimum atomic E-state index is -2.92. The highest BCUT2D eigenvalue weighted by atomic mass is 29.5. The molecule has 0 fully saturated rings. The summed E-state index contributed by atoms with van der Waals surface area (Å²) in [5.41, 5.74) is 19.1. The molecule has 0 nitrogen and oxygen atoms in total. The molecule has 0 atom stereocenters. The maximum absolute atomic E-state index is 2.92. The van der Waals surface area contributed by atoms with E-state index in [1.807, 2.05) is 0 Å². The molecule has 0 spiro atoms. The summed E-state index contributed by atoms with van der Waals surface area (Å²) in [6, 6.07) is 44.9. The minimum Gasteiger partial charge on any atom is -0.0617 e. The van der Waals surface area contributed by atoms with Crippen LogP contribution in [0.2, 0.25) is 0 Å². The Morgan fingerprint density at radius 3 is 0.422 bits per heavy atom. The van der Waals surface area contributed by atoms with Crippen molar-refractivity contribution in [2.75, 3.05) is 0 Å². The van der Waals surface area contributed by atoms with Crippen LogP contribution in [-0.2, 0) is 77.0 Å². The van der Waals surface area contributed by atoms with E-state index in [0.717, 1.165) is 92.9 Å². The summed E-state index contributed by atoms with van der Waals surface area (Å²) < 4.78 is 0. The first kappa shape index (κ1) is 49.6. The maximum atomic E-state index is 2.54. The summed E-state index contributed by atoms with van der Waals surface area (Å²) in [4.78, 5) is 0. The molecule has 334 valence electrons. The highest BCUT2D eigenvalue weighted by Crippen LogP contribution is 2.25. The van der Waals surface area contributed by atoms with Gasteiger partial charge in [-0.05, 0) is 175 Å². The molecule has 6 aromatic rings. The molecule has 6 aromatic carbocycles. The van der Waals surface area contributed by atoms with Crippen LogP contribution in [0.1, 0.15) is 150 Å². The SMILES string of the molecule is CCc1cccc(CC)c1[Si]([Si]#[Si][Si](c1c(CC)cccc1CC)(c1c(CC)cccc1CC)c1c(CC)cccc1CC)(c1c(CC)cccc1CC)c1c(CC)cccc1CC. The molecule has 0 aliphatic rings. The largest absolute Gasteiger partial charge is 0.191 e. The number of hydrogen-bond donors (Lipinski definition) is 0. The third-order valence-corrected chi connectivity index (χ3v) is 42.3. The Hall–Kier alpha value is -3.81. The Labute approximate surface area is 396 Å². The molecule has 64 heavy (non-hydrogen) atoms. The lowest BCUT2D eigenvalue weighted by molar-refractivity contribution is 1.09. The van der Waals surface area contributed by atoms with Crippen LogP contribution >= 0.6 is 0 Å². The molecule has 0 aromatic heterocycles. The normalized spacial score (nSPS) is 11.8. The minimum absolute atomic E-state index is 0.765. The molecule has 4 heteroatoms. The molecule has 0 saturated heterocycles. The Bertz CT molecular complexity index is 2040. The summed E-state index contributed by atoms with van der Waals surface area (Å²) in [6.45, 7) is 29.4. The number of benzene rings is 6. The topological polar surface area (TPSA) is 0 Å². The average molecular weight is 912 g/mol. The van der Waals surface area contributed by atoms with Gasteiger partial charge in [0, 0.05) is 0 Å². The fourth-order valence-corrected chi connectivity index (χ4v) is 52.6. The van der Waals surface area contributed by atoms with Crippen LogP contribution < -0.4 is 31.1 Å². The summed E-state index contributed by atoms with van der Waals surface area (Å²) in [6.07, 6.45) is 12.6. The maximum Gasteiger partial charge on any atom is 0.191 e. The van der Waals surface area contributed by atoms with E-state index < -0.39 is 15.2 Å². The Balaban J connectivity index is 2.15. The van der Waals surface area contributed by atoms with E-state index in [-0.39, 0.29) is 0 Å². The van der Waals surface area contributed by atoms with Gasteiger partial charge in [-0.2, -0.15) is 0 Å². The second kappa shape index (κ2) is 22.6. The molecule has 6 rings (SSSR count). The fourth-order valence-electron chi connectivity index (χ4n) is 11.7. The van der Waals surface area contributed by atoms with Gasteiger partial charge in [-0.25, -0.2) is 0 Å². The molecular weight excluding hydrogens is 833 g/mol. The van der Waals surface area contributed by atoms with E-state index in [0.29, 0.717) is 0 Å². The quantitative estimate of drug-likeness (QED) is 0.0596. The average Bonchev–Trinajstić information content (AvgIpc) is 3.36.